The van der Waals surface area contributed by atoms with Crippen LogP contribution in [0.4, 0.5) is 0 Å². The Labute approximate surface area is 186 Å². The van der Waals surface area contributed by atoms with E-state index >= 15 is 0 Å². The van der Waals surface area contributed by atoms with Crippen LogP contribution < -0.4 is 0 Å². The molecule has 0 bridgehead atoms. The highest BCUT2D eigenvalue weighted by atomic mass is 16.5. The zero-order chi connectivity index (χ0) is 21.5. The zero-order valence-electron chi connectivity index (χ0n) is 18.8. The molecular weight excluding hydrogens is 390 g/mol. The molecule has 0 aromatic heterocycles. The molecule has 1 aromatic carbocycles. The van der Waals surface area contributed by atoms with Crippen molar-refractivity contribution in [1.82, 2.24) is 14.7 Å². The van der Waals surface area contributed by atoms with Crippen molar-refractivity contribution >= 4 is 11.8 Å². The lowest BCUT2D eigenvalue weighted by Gasteiger charge is -2.35. The average molecular weight is 428 g/mol. The van der Waals surface area contributed by atoms with Gasteiger partial charge in [-0.05, 0) is 30.0 Å². The van der Waals surface area contributed by atoms with E-state index in [0.29, 0.717) is 32.6 Å². The van der Waals surface area contributed by atoms with Crippen LogP contribution in [0.1, 0.15) is 60.9 Å². The van der Waals surface area contributed by atoms with Crippen LogP contribution in [0.25, 0.3) is 0 Å². The molecule has 3 fully saturated rings. The summed E-state index contributed by atoms with van der Waals surface area (Å²) >= 11 is 0. The second-order valence-corrected chi connectivity index (χ2v) is 9.30. The van der Waals surface area contributed by atoms with E-state index in [9.17, 15) is 9.59 Å². The first-order valence-electron chi connectivity index (χ1n) is 12.1. The maximum absolute atomic E-state index is 13.0. The Hall–Kier alpha value is -1.92. The predicted octanol–water partition coefficient (Wildman–Crippen LogP) is 3.16. The molecule has 1 aromatic rings. The third-order valence-corrected chi connectivity index (χ3v) is 7.09. The Balaban J connectivity index is 1.24. The van der Waals surface area contributed by atoms with Gasteiger partial charge < -0.3 is 14.5 Å². The first kappa shape index (κ1) is 22.3. The van der Waals surface area contributed by atoms with E-state index in [0.717, 1.165) is 50.8 Å². The highest BCUT2D eigenvalue weighted by molar-refractivity contribution is 5.94. The van der Waals surface area contributed by atoms with E-state index in [1.807, 2.05) is 28.0 Å². The minimum Gasteiger partial charge on any atom is -0.379 e. The number of ether oxygens (including phenoxy) is 1. The quantitative estimate of drug-likeness (QED) is 0.700. The van der Waals surface area contributed by atoms with Crippen LogP contribution >= 0.6 is 0 Å². The number of carbonyl (C=O) groups is 2. The minimum absolute atomic E-state index is 0.0816. The first-order valence-corrected chi connectivity index (χ1v) is 12.1. The lowest BCUT2D eigenvalue weighted by Crippen LogP contribution is -2.50. The van der Waals surface area contributed by atoms with E-state index in [1.165, 1.54) is 37.7 Å². The monoisotopic (exact) mass is 427 g/mol. The highest BCUT2D eigenvalue weighted by Gasteiger charge is 2.25. The third kappa shape index (κ3) is 6.30. The molecule has 4 rings (SSSR count). The van der Waals surface area contributed by atoms with Gasteiger partial charge in [0.1, 0.15) is 0 Å². The lowest BCUT2D eigenvalue weighted by molar-refractivity contribution is -0.133. The smallest absolute Gasteiger partial charge is 0.253 e. The molecule has 3 aliphatic rings. The summed E-state index contributed by atoms with van der Waals surface area (Å²) in [6, 6.07) is 8.01. The molecule has 0 atom stereocenters. The molecule has 0 N–H and O–H groups in total. The second-order valence-electron chi connectivity index (χ2n) is 9.30. The highest BCUT2D eigenvalue weighted by Crippen LogP contribution is 2.27. The number of piperazine rings is 1. The molecule has 170 valence electrons. The number of hydrogen-bond acceptors (Lipinski definition) is 4. The summed E-state index contributed by atoms with van der Waals surface area (Å²) in [4.78, 5) is 31.9. The molecule has 6 nitrogen and oxygen atoms in total. The molecular formula is C25H37N3O3. The topological polar surface area (TPSA) is 53.1 Å². The number of amides is 2. The second kappa shape index (κ2) is 11.1. The molecule has 6 heteroatoms. The van der Waals surface area contributed by atoms with Gasteiger partial charge in [-0.1, -0.05) is 44.2 Å². The number of carbonyl (C=O) groups excluding carboxylic acids is 2. The van der Waals surface area contributed by atoms with Gasteiger partial charge in [-0.2, -0.15) is 0 Å². The molecule has 0 unspecified atom stereocenters. The van der Waals surface area contributed by atoms with Gasteiger partial charge in [0.25, 0.3) is 5.91 Å². The normalized spacial score (nSPS) is 21.3. The number of rotatable bonds is 6. The molecule has 0 spiro atoms. The fraction of sp³-hybridized carbons (Fsp3) is 0.680. The van der Waals surface area contributed by atoms with E-state index in [2.05, 4.69) is 11.0 Å². The summed E-state index contributed by atoms with van der Waals surface area (Å²) in [5, 5.41) is 0. The largest absolute Gasteiger partial charge is 0.379 e. The fourth-order valence-electron chi connectivity index (χ4n) is 5.12. The Kier molecular flexibility index (Phi) is 7.97. The van der Waals surface area contributed by atoms with Crippen LogP contribution in [0.2, 0.25) is 0 Å². The molecule has 1 saturated carbocycles. The van der Waals surface area contributed by atoms with Gasteiger partial charge in [0.05, 0.1) is 13.2 Å². The van der Waals surface area contributed by atoms with Gasteiger partial charge in [-0.3, -0.25) is 14.5 Å². The lowest BCUT2D eigenvalue weighted by atomic mass is 9.86. The molecule has 2 amide bonds. The number of morpholine rings is 1. The number of benzene rings is 1. The third-order valence-electron chi connectivity index (χ3n) is 7.09. The van der Waals surface area contributed by atoms with Crippen molar-refractivity contribution in [2.75, 3.05) is 52.5 Å². The SMILES string of the molecule is O=C(CCC1CCCCC1)N1CCN(C(=O)c2cccc(CN3CCOCC3)c2)CC1. The molecule has 1 aliphatic carbocycles. The van der Waals surface area contributed by atoms with E-state index in [1.54, 1.807) is 0 Å². The molecule has 2 heterocycles. The maximum Gasteiger partial charge on any atom is 0.253 e. The standard InChI is InChI=1S/C25H37N3O3/c29-24(10-9-21-5-2-1-3-6-21)27-11-13-28(14-12-27)25(30)23-8-4-7-22(19-23)20-26-15-17-31-18-16-26/h4,7-8,19,21H,1-3,5-6,9-18,20H2. The average Bonchev–Trinajstić information content (AvgIpc) is 2.83. The number of nitrogens with zero attached hydrogens (tertiary/aromatic N) is 3. The Morgan fingerprint density at radius 2 is 1.61 bits per heavy atom. The van der Waals surface area contributed by atoms with Gasteiger partial charge >= 0.3 is 0 Å². The molecule has 2 aliphatic heterocycles. The van der Waals surface area contributed by atoms with Crippen molar-refractivity contribution in [3.8, 4) is 0 Å². The summed E-state index contributed by atoms with van der Waals surface area (Å²) < 4.78 is 5.42. The van der Waals surface area contributed by atoms with Crippen molar-refractivity contribution in [3.05, 3.63) is 35.4 Å². The van der Waals surface area contributed by atoms with Gasteiger partial charge in [0.2, 0.25) is 5.91 Å². The summed E-state index contributed by atoms with van der Waals surface area (Å²) in [6.45, 7) is 6.86. The van der Waals surface area contributed by atoms with Crippen LogP contribution in [0.15, 0.2) is 24.3 Å². The summed E-state index contributed by atoms with van der Waals surface area (Å²) in [6.07, 6.45) is 8.30. The predicted molar refractivity (Wildman–Crippen MR) is 121 cm³/mol. The van der Waals surface area contributed by atoms with Crippen LogP contribution in [0, 0.1) is 5.92 Å². The Bertz CT molecular complexity index is 733. The molecule has 0 radical (unpaired) electrons. The van der Waals surface area contributed by atoms with Gasteiger partial charge in [-0.25, -0.2) is 0 Å². The van der Waals surface area contributed by atoms with Gasteiger partial charge in [0.15, 0.2) is 0 Å². The molecule has 31 heavy (non-hydrogen) atoms. The molecule has 2 saturated heterocycles. The summed E-state index contributed by atoms with van der Waals surface area (Å²) in [5.74, 6) is 1.09. The summed E-state index contributed by atoms with van der Waals surface area (Å²) in [7, 11) is 0. The first-order chi connectivity index (χ1) is 15.2. The minimum atomic E-state index is 0.0816. The van der Waals surface area contributed by atoms with Crippen molar-refractivity contribution in [2.45, 2.75) is 51.5 Å². The van der Waals surface area contributed by atoms with Crippen LogP contribution in [-0.2, 0) is 16.1 Å². The van der Waals surface area contributed by atoms with Crippen molar-refractivity contribution in [1.29, 1.82) is 0 Å². The van der Waals surface area contributed by atoms with Crippen LogP contribution in [0.5, 0.6) is 0 Å². The van der Waals surface area contributed by atoms with E-state index in [-0.39, 0.29) is 11.8 Å². The zero-order valence-corrected chi connectivity index (χ0v) is 18.8. The van der Waals surface area contributed by atoms with Gasteiger partial charge in [-0.15, -0.1) is 0 Å². The van der Waals surface area contributed by atoms with E-state index < -0.39 is 0 Å². The Morgan fingerprint density at radius 1 is 0.903 bits per heavy atom. The van der Waals surface area contributed by atoms with Crippen LogP contribution in [0.3, 0.4) is 0 Å². The van der Waals surface area contributed by atoms with Crippen LogP contribution in [-0.4, -0.2) is 79.0 Å². The van der Waals surface area contributed by atoms with Gasteiger partial charge in [0, 0.05) is 57.8 Å². The summed E-state index contributed by atoms with van der Waals surface area (Å²) in [5.41, 5.74) is 1.92. The van der Waals surface area contributed by atoms with Crippen molar-refractivity contribution in [2.24, 2.45) is 5.92 Å². The van der Waals surface area contributed by atoms with E-state index in [4.69, 9.17) is 4.74 Å². The van der Waals surface area contributed by atoms with Crippen molar-refractivity contribution in [3.63, 3.8) is 0 Å². The fourth-order valence-corrected chi connectivity index (χ4v) is 5.12. The number of hydrogen-bond donors (Lipinski definition) is 0. The van der Waals surface area contributed by atoms with Crippen molar-refractivity contribution < 1.29 is 14.3 Å². The Morgan fingerprint density at radius 3 is 2.35 bits per heavy atom. The maximum atomic E-state index is 13.0.